The highest BCUT2D eigenvalue weighted by Crippen LogP contribution is 2.26. The molecular formula is C14H28N2O2S. The van der Waals surface area contributed by atoms with Crippen molar-refractivity contribution in [2.75, 3.05) is 6.54 Å². The van der Waals surface area contributed by atoms with Gasteiger partial charge >= 0.3 is 0 Å². The average Bonchev–Trinajstić information content (AvgIpc) is 2.63. The smallest absolute Gasteiger partial charge is 0.214 e. The van der Waals surface area contributed by atoms with Crippen LogP contribution >= 0.6 is 0 Å². The number of hydrogen-bond acceptors (Lipinski definition) is 3. The summed E-state index contributed by atoms with van der Waals surface area (Å²) in [5.74, 6) is 0. The van der Waals surface area contributed by atoms with E-state index in [1.165, 1.54) is 19.3 Å². The van der Waals surface area contributed by atoms with Gasteiger partial charge in [-0.05, 0) is 25.7 Å². The van der Waals surface area contributed by atoms with Crippen LogP contribution in [0.3, 0.4) is 0 Å². The quantitative estimate of drug-likeness (QED) is 0.780. The van der Waals surface area contributed by atoms with Gasteiger partial charge in [-0.3, -0.25) is 0 Å². The Morgan fingerprint density at radius 1 is 0.947 bits per heavy atom. The second-order valence-electron chi connectivity index (χ2n) is 6.40. The highest BCUT2D eigenvalue weighted by atomic mass is 32.2. The first-order chi connectivity index (χ1) is 9.02. The highest BCUT2D eigenvalue weighted by molar-refractivity contribution is 7.90. The lowest BCUT2D eigenvalue weighted by Crippen LogP contribution is -2.51. The van der Waals surface area contributed by atoms with E-state index in [1.54, 1.807) is 0 Å². The monoisotopic (exact) mass is 288 g/mol. The molecule has 0 aromatic carbocycles. The van der Waals surface area contributed by atoms with Gasteiger partial charge in [0.1, 0.15) is 0 Å². The van der Waals surface area contributed by atoms with Crippen LogP contribution in [0, 0.1) is 0 Å². The maximum atomic E-state index is 12.3. The minimum atomic E-state index is -3.16. The van der Waals surface area contributed by atoms with Crippen LogP contribution in [0.5, 0.6) is 0 Å². The van der Waals surface area contributed by atoms with E-state index in [0.29, 0.717) is 6.54 Å². The predicted octanol–water partition coefficient (Wildman–Crippen LogP) is 2.29. The summed E-state index contributed by atoms with van der Waals surface area (Å²) >= 11 is 0. The second-order valence-corrected chi connectivity index (χ2v) is 8.45. The average molecular weight is 288 g/mol. The molecule has 19 heavy (non-hydrogen) atoms. The lowest BCUT2D eigenvalue weighted by molar-refractivity contribution is 0.366. The first-order valence-corrected chi connectivity index (χ1v) is 9.34. The van der Waals surface area contributed by atoms with Crippen molar-refractivity contribution >= 4 is 10.0 Å². The van der Waals surface area contributed by atoms with Crippen molar-refractivity contribution in [2.24, 2.45) is 5.73 Å². The summed E-state index contributed by atoms with van der Waals surface area (Å²) < 4.78 is 27.4. The third-order valence-electron chi connectivity index (χ3n) is 4.72. The van der Waals surface area contributed by atoms with Crippen molar-refractivity contribution in [2.45, 2.75) is 81.4 Å². The van der Waals surface area contributed by atoms with Gasteiger partial charge in [0.15, 0.2) is 0 Å². The van der Waals surface area contributed by atoms with Gasteiger partial charge in [-0.2, -0.15) is 0 Å². The molecule has 5 heteroatoms. The first-order valence-electron chi connectivity index (χ1n) is 7.79. The highest BCUT2D eigenvalue weighted by Gasteiger charge is 2.31. The summed E-state index contributed by atoms with van der Waals surface area (Å²) in [6.45, 7) is 0.422. The van der Waals surface area contributed by atoms with Gasteiger partial charge in [-0.15, -0.1) is 0 Å². The number of nitrogens with two attached hydrogens (primary N) is 1. The molecule has 2 aliphatic rings. The van der Waals surface area contributed by atoms with Crippen LogP contribution in [-0.2, 0) is 10.0 Å². The van der Waals surface area contributed by atoms with E-state index in [9.17, 15) is 8.42 Å². The van der Waals surface area contributed by atoms with Crippen LogP contribution in [-0.4, -0.2) is 25.8 Å². The Kier molecular flexibility index (Phi) is 5.26. The summed E-state index contributed by atoms with van der Waals surface area (Å²) in [5.41, 5.74) is 6.05. The summed E-state index contributed by atoms with van der Waals surface area (Å²) in [6.07, 6.45) is 11.5. The van der Waals surface area contributed by atoms with Gasteiger partial charge in [0.2, 0.25) is 10.0 Å². The SMILES string of the molecule is NC1(CNS(=O)(=O)C2CCCCC2)CCCCCC1. The zero-order chi connectivity index (χ0) is 13.8. The van der Waals surface area contributed by atoms with Crippen molar-refractivity contribution in [1.82, 2.24) is 4.72 Å². The molecule has 2 rings (SSSR count). The molecule has 0 bridgehead atoms. The van der Waals surface area contributed by atoms with E-state index >= 15 is 0 Å². The molecule has 2 saturated carbocycles. The van der Waals surface area contributed by atoms with Crippen molar-refractivity contribution in [1.29, 1.82) is 0 Å². The van der Waals surface area contributed by atoms with E-state index in [0.717, 1.165) is 51.4 Å². The summed E-state index contributed by atoms with van der Waals surface area (Å²) in [6, 6.07) is 0. The van der Waals surface area contributed by atoms with Crippen molar-refractivity contribution in [3.05, 3.63) is 0 Å². The van der Waals surface area contributed by atoms with E-state index in [-0.39, 0.29) is 10.8 Å². The third-order valence-corrected chi connectivity index (χ3v) is 6.61. The molecule has 3 N–H and O–H groups in total. The number of nitrogens with one attached hydrogen (secondary N) is 1. The van der Waals surface area contributed by atoms with Crippen molar-refractivity contribution in [3.8, 4) is 0 Å². The number of hydrogen-bond donors (Lipinski definition) is 2. The fourth-order valence-corrected chi connectivity index (χ4v) is 5.03. The van der Waals surface area contributed by atoms with E-state index in [2.05, 4.69) is 4.72 Å². The lowest BCUT2D eigenvalue weighted by Gasteiger charge is -2.30. The van der Waals surface area contributed by atoms with Gasteiger partial charge in [-0.1, -0.05) is 44.9 Å². The standard InChI is InChI=1S/C14H28N2O2S/c15-14(10-6-1-2-7-11-14)12-16-19(17,18)13-8-4-3-5-9-13/h13,16H,1-12,15H2. The topological polar surface area (TPSA) is 72.2 Å². The Balaban J connectivity index is 1.88. The number of sulfonamides is 1. The van der Waals surface area contributed by atoms with Crippen molar-refractivity contribution < 1.29 is 8.42 Å². The molecule has 112 valence electrons. The summed E-state index contributed by atoms with van der Waals surface area (Å²) in [7, 11) is -3.16. The minimum Gasteiger partial charge on any atom is -0.324 e. The Labute approximate surface area is 117 Å². The van der Waals surface area contributed by atoms with Gasteiger partial charge in [0, 0.05) is 12.1 Å². The van der Waals surface area contributed by atoms with Gasteiger partial charge in [0.05, 0.1) is 5.25 Å². The first kappa shape index (κ1) is 15.3. The lowest BCUT2D eigenvalue weighted by atomic mass is 9.92. The molecule has 0 spiro atoms. The molecule has 0 radical (unpaired) electrons. The van der Waals surface area contributed by atoms with E-state index in [1.807, 2.05) is 0 Å². The van der Waals surface area contributed by atoms with Crippen LogP contribution in [0.2, 0.25) is 0 Å². The van der Waals surface area contributed by atoms with Gasteiger partial charge in [0.25, 0.3) is 0 Å². The van der Waals surface area contributed by atoms with E-state index < -0.39 is 10.0 Å². The third kappa shape index (κ3) is 4.43. The maximum Gasteiger partial charge on any atom is 0.214 e. The van der Waals surface area contributed by atoms with Crippen LogP contribution in [0.15, 0.2) is 0 Å². The largest absolute Gasteiger partial charge is 0.324 e. The summed E-state index contributed by atoms with van der Waals surface area (Å²) in [4.78, 5) is 0. The molecule has 0 aliphatic heterocycles. The van der Waals surface area contributed by atoms with Crippen LogP contribution in [0.25, 0.3) is 0 Å². The Morgan fingerprint density at radius 3 is 2.05 bits per heavy atom. The molecule has 0 aromatic heterocycles. The molecular weight excluding hydrogens is 260 g/mol. The molecule has 0 heterocycles. The molecule has 2 fully saturated rings. The fourth-order valence-electron chi connectivity index (χ4n) is 3.35. The normalized spacial score (nSPS) is 25.9. The maximum absolute atomic E-state index is 12.3. The molecule has 0 unspecified atom stereocenters. The summed E-state index contributed by atoms with van der Waals surface area (Å²) in [5, 5.41) is -0.185. The fraction of sp³-hybridized carbons (Fsp3) is 1.00. The van der Waals surface area contributed by atoms with Crippen LogP contribution in [0.4, 0.5) is 0 Å². The zero-order valence-corrected chi connectivity index (χ0v) is 12.7. The molecule has 0 amide bonds. The predicted molar refractivity (Wildman–Crippen MR) is 78.4 cm³/mol. The van der Waals surface area contributed by atoms with Gasteiger partial charge < -0.3 is 5.73 Å². The van der Waals surface area contributed by atoms with Crippen LogP contribution in [0.1, 0.15) is 70.6 Å². The molecule has 0 atom stereocenters. The molecule has 0 saturated heterocycles. The Hall–Kier alpha value is -0.130. The van der Waals surface area contributed by atoms with Crippen LogP contribution < -0.4 is 10.5 Å². The molecule has 2 aliphatic carbocycles. The van der Waals surface area contributed by atoms with Gasteiger partial charge in [-0.25, -0.2) is 13.1 Å². The Morgan fingerprint density at radius 2 is 1.47 bits per heavy atom. The molecule has 0 aromatic rings. The number of rotatable bonds is 4. The zero-order valence-electron chi connectivity index (χ0n) is 11.9. The molecule has 4 nitrogen and oxygen atoms in total. The Bertz CT molecular complexity index is 367. The minimum absolute atomic E-state index is 0.185. The van der Waals surface area contributed by atoms with E-state index in [4.69, 9.17) is 5.73 Å². The van der Waals surface area contributed by atoms with Crippen molar-refractivity contribution in [3.63, 3.8) is 0 Å². The second kappa shape index (κ2) is 6.55.